The van der Waals surface area contributed by atoms with E-state index in [0.29, 0.717) is 12.1 Å². The van der Waals surface area contributed by atoms with E-state index in [4.69, 9.17) is 4.74 Å². The summed E-state index contributed by atoms with van der Waals surface area (Å²) in [5.41, 5.74) is 1.71. The summed E-state index contributed by atoms with van der Waals surface area (Å²) in [6, 6.07) is 12.3. The molecule has 4 atom stereocenters. The largest absolute Gasteiger partial charge is 0.374 e. The van der Waals surface area contributed by atoms with Crippen molar-refractivity contribution in [1.29, 1.82) is 0 Å². The van der Waals surface area contributed by atoms with E-state index in [9.17, 15) is 0 Å². The van der Waals surface area contributed by atoms with Gasteiger partial charge in [-0.3, -0.25) is 0 Å². The first-order valence-electron chi connectivity index (χ1n) is 7.87. The quantitative estimate of drug-likeness (QED) is 0.923. The molecule has 0 aromatic heterocycles. The van der Waals surface area contributed by atoms with Gasteiger partial charge in [0.1, 0.15) is 0 Å². The minimum absolute atomic E-state index is 0.206. The van der Waals surface area contributed by atoms with E-state index in [1.807, 2.05) is 0 Å². The average molecular weight is 289 g/mol. The zero-order valence-electron chi connectivity index (χ0n) is 11.9. The molecule has 3 aliphatic rings. The van der Waals surface area contributed by atoms with Crippen molar-refractivity contribution in [3.05, 3.63) is 35.9 Å². The summed E-state index contributed by atoms with van der Waals surface area (Å²) in [6.45, 7) is 0.945. The number of rotatable bonds is 3. The van der Waals surface area contributed by atoms with Crippen LogP contribution in [0.1, 0.15) is 37.2 Å². The summed E-state index contributed by atoms with van der Waals surface area (Å²) < 4.78 is 6.11. The van der Waals surface area contributed by atoms with Gasteiger partial charge in [-0.1, -0.05) is 30.3 Å². The predicted octanol–water partition coefficient (Wildman–Crippen LogP) is 3.19. The van der Waals surface area contributed by atoms with E-state index in [0.717, 1.165) is 12.5 Å². The first-order chi connectivity index (χ1) is 9.85. The maximum Gasteiger partial charge on any atom is 0.0795 e. The molecular weight excluding hydrogens is 266 g/mol. The van der Waals surface area contributed by atoms with E-state index in [2.05, 4.69) is 47.4 Å². The van der Waals surface area contributed by atoms with E-state index in [1.54, 1.807) is 0 Å². The summed E-state index contributed by atoms with van der Waals surface area (Å²) in [6.07, 6.45) is 4.97. The lowest BCUT2D eigenvalue weighted by atomic mass is 9.90. The minimum atomic E-state index is 0.206. The Hall–Kier alpha value is -0.510. The van der Waals surface area contributed by atoms with Crippen molar-refractivity contribution in [2.75, 3.05) is 18.1 Å². The highest BCUT2D eigenvalue weighted by molar-refractivity contribution is 7.99. The molecule has 1 aromatic carbocycles. The number of hydrogen-bond donors (Lipinski definition) is 1. The molecule has 1 spiro atoms. The van der Waals surface area contributed by atoms with Gasteiger partial charge < -0.3 is 10.1 Å². The summed E-state index contributed by atoms with van der Waals surface area (Å²) >= 11 is 2.06. The molecule has 3 heteroatoms. The zero-order valence-corrected chi connectivity index (χ0v) is 12.7. The zero-order chi connectivity index (χ0) is 13.4. The summed E-state index contributed by atoms with van der Waals surface area (Å²) in [4.78, 5) is 0. The number of benzene rings is 1. The third-order valence-corrected chi connectivity index (χ3v) is 6.25. The number of ether oxygens (including phenoxy) is 1. The second kappa shape index (κ2) is 5.36. The Morgan fingerprint density at radius 1 is 1.25 bits per heavy atom. The van der Waals surface area contributed by atoms with Crippen LogP contribution in [-0.2, 0) is 4.74 Å². The number of nitrogens with one attached hydrogen (secondary N) is 1. The molecule has 20 heavy (non-hydrogen) atoms. The van der Waals surface area contributed by atoms with E-state index >= 15 is 0 Å². The van der Waals surface area contributed by atoms with Gasteiger partial charge in [0, 0.05) is 30.4 Å². The van der Waals surface area contributed by atoms with Gasteiger partial charge in [-0.25, -0.2) is 0 Å². The summed E-state index contributed by atoms with van der Waals surface area (Å²) in [5.74, 6) is 3.23. The Morgan fingerprint density at radius 3 is 2.95 bits per heavy atom. The topological polar surface area (TPSA) is 21.3 Å². The van der Waals surface area contributed by atoms with Gasteiger partial charge in [0.15, 0.2) is 0 Å². The fraction of sp³-hybridized carbons (Fsp3) is 0.647. The molecule has 1 aromatic rings. The van der Waals surface area contributed by atoms with Crippen LogP contribution in [0.2, 0.25) is 0 Å². The molecule has 4 unspecified atom stereocenters. The van der Waals surface area contributed by atoms with Gasteiger partial charge in [-0.15, -0.1) is 0 Å². The van der Waals surface area contributed by atoms with Crippen molar-refractivity contribution in [2.45, 2.75) is 49.3 Å². The molecular formula is C17H23NOS. The lowest BCUT2D eigenvalue weighted by Crippen LogP contribution is -2.47. The van der Waals surface area contributed by atoms with Crippen molar-refractivity contribution >= 4 is 11.8 Å². The van der Waals surface area contributed by atoms with Crippen LogP contribution in [0.15, 0.2) is 30.3 Å². The maximum atomic E-state index is 6.11. The van der Waals surface area contributed by atoms with E-state index in [-0.39, 0.29) is 5.60 Å². The van der Waals surface area contributed by atoms with Crippen molar-refractivity contribution in [3.63, 3.8) is 0 Å². The van der Waals surface area contributed by atoms with Crippen LogP contribution in [0, 0.1) is 0 Å². The first kappa shape index (κ1) is 13.2. The molecule has 2 heterocycles. The Morgan fingerprint density at radius 2 is 2.15 bits per heavy atom. The van der Waals surface area contributed by atoms with Crippen LogP contribution >= 0.6 is 11.8 Å². The third-order valence-electron chi connectivity index (χ3n) is 5.03. The molecule has 0 bridgehead atoms. The fourth-order valence-corrected chi connectivity index (χ4v) is 5.16. The molecule has 2 aliphatic heterocycles. The predicted molar refractivity (Wildman–Crippen MR) is 84.4 cm³/mol. The lowest BCUT2D eigenvalue weighted by molar-refractivity contribution is -0.0703. The summed E-state index contributed by atoms with van der Waals surface area (Å²) in [5, 5.41) is 3.90. The molecule has 0 amide bonds. The van der Waals surface area contributed by atoms with Crippen molar-refractivity contribution in [2.24, 2.45) is 0 Å². The Kier molecular flexibility index (Phi) is 3.53. The van der Waals surface area contributed by atoms with Gasteiger partial charge in [-0.05, 0) is 37.0 Å². The minimum Gasteiger partial charge on any atom is -0.374 e. The van der Waals surface area contributed by atoms with Crippen LogP contribution < -0.4 is 5.32 Å². The van der Waals surface area contributed by atoms with Crippen molar-refractivity contribution in [1.82, 2.24) is 5.32 Å². The number of thioether (sulfide) groups is 1. The summed E-state index contributed by atoms with van der Waals surface area (Å²) in [7, 11) is 0. The molecule has 2 nitrogen and oxygen atoms in total. The van der Waals surface area contributed by atoms with Crippen LogP contribution in [0.4, 0.5) is 0 Å². The average Bonchev–Trinajstić information content (AvgIpc) is 3.11. The molecule has 2 saturated heterocycles. The van der Waals surface area contributed by atoms with Crippen molar-refractivity contribution < 1.29 is 4.74 Å². The van der Waals surface area contributed by atoms with Crippen LogP contribution in [0.3, 0.4) is 0 Å². The Bertz CT molecular complexity index is 457. The smallest absolute Gasteiger partial charge is 0.0795 e. The molecule has 1 N–H and O–H groups in total. The SMILES string of the molecule is c1ccc(C2CC2NC2CCOC3(CCSC3)C2)cc1. The highest BCUT2D eigenvalue weighted by atomic mass is 32.2. The molecule has 4 rings (SSSR count). The van der Waals surface area contributed by atoms with Crippen molar-refractivity contribution in [3.8, 4) is 0 Å². The Balaban J connectivity index is 1.34. The van der Waals surface area contributed by atoms with Gasteiger partial charge in [-0.2, -0.15) is 11.8 Å². The van der Waals surface area contributed by atoms with Gasteiger partial charge in [0.05, 0.1) is 5.60 Å². The van der Waals surface area contributed by atoms with E-state index in [1.165, 1.54) is 42.8 Å². The highest BCUT2D eigenvalue weighted by Crippen LogP contribution is 2.43. The molecule has 3 fully saturated rings. The third kappa shape index (κ3) is 2.63. The van der Waals surface area contributed by atoms with Crippen LogP contribution in [0.25, 0.3) is 0 Å². The maximum absolute atomic E-state index is 6.11. The van der Waals surface area contributed by atoms with Crippen LogP contribution in [-0.4, -0.2) is 35.8 Å². The van der Waals surface area contributed by atoms with Crippen LogP contribution in [0.5, 0.6) is 0 Å². The molecule has 1 aliphatic carbocycles. The highest BCUT2D eigenvalue weighted by Gasteiger charge is 2.44. The normalized spacial score (nSPS) is 40.1. The van der Waals surface area contributed by atoms with Gasteiger partial charge >= 0.3 is 0 Å². The first-order valence-corrected chi connectivity index (χ1v) is 9.03. The molecule has 1 saturated carbocycles. The van der Waals surface area contributed by atoms with Gasteiger partial charge in [0.2, 0.25) is 0 Å². The lowest BCUT2D eigenvalue weighted by Gasteiger charge is -2.38. The Labute approximate surface area is 125 Å². The monoisotopic (exact) mass is 289 g/mol. The molecule has 108 valence electrons. The van der Waals surface area contributed by atoms with Gasteiger partial charge in [0.25, 0.3) is 0 Å². The molecule has 0 radical (unpaired) electrons. The van der Waals surface area contributed by atoms with E-state index < -0.39 is 0 Å². The second-order valence-corrected chi connectivity index (χ2v) is 7.65. The number of hydrogen-bond acceptors (Lipinski definition) is 3. The fourth-order valence-electron chi connectivity index (χ4n) is 3.78. The second-order valence-electron chi connectivity index (χ2n) is 6.55. The standard InChI is InChI=1S/C17H23NOS/c1-2-4-13(5-3-1)15-10-16(15)18-14-6-8-19-17(11-14)7-9-20-12-17/h1-5,14-16,18H,6-12H2.